The molecule has 0 aromatic heterocycles. The van der Waals surface area contributed by atoms with E-state index in [2.05, 4.69) is 6.08 Å². The van der Waals surface area contributed by atoms with E-state index < -0.39 is 11.2 Å². The summed E-state index contributed by atoms with van der Waals surface area (Å²) in [7, 11) is 0. The topological polar surface area (TPSA) is 63.7 Å². The van der Waals surface area contributed by atoms with Crippen LogP contribution in [0.15, 0.2) is 41.3 Å². The summed E-state index contributed by atoms with van der Waals surface area (Å²) in [6.07, 6.45) is 4.95. The molecule has 1 aliphatic carbocycles. The van der Waals surface area contributed by atoms with Crippen LogP contribution in [-0.2, 0) is 16.0 Å². The van der Waals surface area contributed by atoms with E-state index in [1.54, 1.807) is 4.90 Å². The van der Waals surface area contributed by atoms with Crippen molar-refractivity contribution in [2.24, 2.45) is 5.92 Å². The van der Waals surface area contributed by atoms with Crippen molar-refractivity contribution in [2.45, 2.75) is 29.4 Å². The van der Waals surface area contributed by atoms with Crippen LogP contribution in [0, 0.1) is 5.92 Å². The molecule has 22 heavy (non-hydrogen) atoms. The highest BCUT2D eigenvalue weighted by molar-refractivity contribution is 7.91. The van der Waals surface area contributed by atoms with Gasteiger partial charge in [-0.1, -0.05) is 30.4 Å². The molecule has 4 unspecified atom stereocenters. The average molecular weight is 314 g/mol. The second-order valence-corrected chi connectivity index (χ2v) is 7.72. The van der Waals surface area contributed by atoms with Crippen LogP contribution in [-0.4, -0.2) is 44.1 Å². The Balaban J connectivity index is 1.56. The van der Waals surface area contributed by atoms with Gasteiger partial charge in [0.05, 0.1) is 6.04 Å². The fraction of sp³-hybridized carbons (Fsp3) is 0.375. The zero-order valence-corrected chi connectivity index (χ0v) is 12.5. The van der Waals surface area contributed by atoms with Gasteiger partial charge < -0.3 is 9.45 Å². The number of hydrogen-bond donors (Lipinski definition) is 0. The largest absolute Gasteiger partial charge is 0.611 e. The van der Waals surface area contributed by atoms with Crippen LogP contribution in [0.4, 0.5) is 4.79 Å². The highest BCUT2D eigenvalue weighted by atomic mass is 32.2. The maximum Gasteiger partial charge on any atom is 0.328 e. The van der Waals surface area contributed by atoms with Gasteiger partial charge >= 0.3 is 6.03 Å². The first kappa shape index (κ1) is 12.7. The molecule has 1 aromatic carbocycles. The van der Waals surface area contributed by atoms with E-state index in [4.69, 9.17) is 0 Å². The van der Waals surface area contributed by atoms with Crippen LogP contribution in [0.2, 0.25) is 0 Å². The third-order valence-electron chi connectivity index (χ3n) is 5.22. The highest BCUT2D eigenvalue weighted by Crippen LogP contribution is 2.46. The molecular weight excluding hydrogens is 300 g/mol. The summed E-state index contributed by atoms with van der Waals surface area (Å²) in [6, 6.07) is 6.51. The molecule has 2 bridgehead atoms. The second-order valence-electron chi connectivity index (χ2n) is 6.26. The average Bonchev–Trinajstić information content (AvgIpc) is 3.25. The minimum absolute atomic E-state index is 0.0543. The number of hydrogen-bond acceptors (Lipinski definition) is 3. The van der Waals surface area contributed by atoms with Gasteiger partial charge in [0.2, 0.25) is 0 Å². The number of carbonyl (C=O) groups excluding carboxylic acids is 2. The molecule has 112 valence electrons. The summed E-state index contributed by atoms with van der Waals surface area (Å²) in [4.78, 5) is 29.4. The number of amides is 3. The first-order chi connectivity index (χ1) is 10.7. The lowest BCUT2D eigenvalue weighted by molar-refractivity contribution is -0.130. The van der Waals surface area contributed by atoms with Gasteiger partial charge in [-0.3, -0.25) is 4.79 Å². The Labute approximate surface area is 130 Å². The van der Waals surface area contributed by atoms with Gasteiger partial charge in [-0.15, -0.1) is 0 Å². The zero-order valence-electron chi connectivity index (χ0n) is 11.7. The highest BCUT2D eigenvalue weighted by Gasteiger charge is 2.60. The lowest BCUT2D eigenvalue weighted by atomic mass is 10.0. The molecule has 6 heteroatoms. The maximum absolute atomic E-state index is 12.8. The lowest BCUT2D eigenvalue weighted by Crippen LogP contribution is -2.39. The van der Waals surface area contributed by atoms with Gasteiger partial charge in [-0.2, -0.15) is 0 Å². The number of fused-ring (bicyclic) bond motifs is 6. The number of benzene rings is 1. The van der Waals surface area contributed by atoms with E-state index >= 15 is 0 Å². The molecule has 3 aliphatic heterocycles. The number of rotatable bonds is 1. The van der Waals surface area contributed by atoms with Crippen LogP contribution < -0.4 is 0 Å². The lowest BCUT2D eigenvalue weighted by Gasteiger charge is -2.23. The van der Waals surface area contributed by atoms with Crippen molar-refractivity contribution in [1.29, 1.82) is 0 Å². The number of imide groups is 1. The first-order valence-electron chi connectivity index (χ1n) is 7.48. The number of nitrogens with zero attached hydrogens (tertiary/aromatic N) is 2. The Morgan fingerprint density at radius 1 is 1.18 bits per heavy atom. The van der Waals surface area contributed by atoms with Crippen molar-refractivity contribution >= 4 is 23.1 Å². The molecule has 0 saturated carbocycles. The third kappa shape index (κ3) is 1.39. The molecule has 3 amide bonds. The van der Waals surface area contributed by atoms with Gasteiger partial charge in [0.1, 0.15) is 17.8 Å². The Hall–Kier alpha value is -1.79. The van der Waals surface area contributed by atoms with Gasteiger partial charge in [0, 0.05) is 11.5 Å². The molecule has 5 atom stereocenters. The van der Waals surface area contributed by atoms with Crippen LogP contribution in [0.1, 0.15) is 18.0 Å². The monoisotopic (exact) mass is 314 g/mol. The minimum Gasteiger partial charge on any atom is -0.611 e. The van der Waals surface area contributed by atoms with E-state index in [1.165, 1.54) is 4.90 Å². The van der Waals surface area contributed by atoms with Crippen molar-refractivity contribution in [3.8, 4) is 0 Å². The van der Waals surface area contributed by atoms with Crippen molar-refractivity contribution < 1.29 is 14.1 Å². The second kappa shape index (κ2) is 4.14. The molecule has 2 saturated heterocycles. The van der Waals surface area contributed by atoms with Gasteiger partial charge in [0.25, 0.3) is 5.91 Å². The molecule has 0 spiro atoms. The molecule has 1 aromatic rings. The standard InChI is InChI=1S/C16H14N2O3S/c19-15-14-9-5-6-10(7-9)17(14)16(20)18(15)12-8-22(21)13-4-2-1-3-11(12)13/h1-6,9-10,12,14H,7-8H2/t9?,10?,12?,14-,22?/m1/s1. The van der Waals surface area contributed by atoms with Gasteiger partial charge in [-0.25, -0.2) is 9.69 Å². The maximum atomic E-state index is 12.8. The van der Waals surface area contributed by atoms with Gasteiger partial charge in [0.15, 0.2) is 4.90 Å². The predicted molar refractivity (Wildman–Crippen MR) is 79.4 cm³/mol. The minimum atomic E-state index is -1.14. The molecule has 0 radical (unpaired) electrons. The fourth-order valence-electron chi connectivity index (χ4n) is 4.27. The molecule has 3 heterocycles. The molecule has 2 fully saturated rings. The van der Waals surface area contributed by atoms with Crippen molar-refractivity contribution in [3.63, 3.8) is 0 Å². The Kier molecular flexibility index (Phi) is 2.40. The normalized spacial score (nSPS) is 38.1. The van der Waals surface area contributed by atoms with Crippen molar-refractivity contribution in [3.05, 3.63) is 42.0 Å². The van der Waals surface area contributed by atoms with Crippen LogP contribution >= 0.6 is 0 Å². The Bertz CT molecular complexity index is 704. The number of carbonyl (C=O) groups is 2. The Morgan fingerprint density at radius 2 is 2.00 bits per heavy atom. The Morgan fingerprint density at radius 3 is 2.82 bits per heavy atom. The summed E-state index contributed by atoms with van der Waals surface area (Å²) in [5, 5.41) is 0. The van der Waals surface area contributed by atoms with Crippen LogP contribution in [0.25, 0.3) is 0 Å². The first-order valence-corrected chi connectivity index (χ1v) is 8.79. The SMILES string of the molecule is O=C1[C@H]2C3C=CC(C3)N2C(=O)N1C1C[S+]([O-])c2ccccc21. The van der Waals surface area contributed by atoms with Crippen LogP contribution in [0.5, 0.6) is 0 Å². The fourth-order valence-corrected chi connectivity index (χ4v) is 5.76. The number of urea groups is 1. The van der Waals surface area contributed by atoms with E-state index in [0.717, 1.165) is 16.9 Å². The van der Waals surface area contributed by atoms with Crippen molar-refractivity contribution in [2.75, 3.05) is 5.75 Å². The quantitative estimate of drug-likeness (QED) is 0.448. The van der Waals surface area contributed by atoms with E-state index in [-0.39, 0.29) is 36.0 Å². The van der Waals surface area contributed by atoms with Gasteiger partial charge in [-0.05, 0) is 23.7 Å². The van der Waals surface area contributed by atoms with Crippen LogP contribution in [0.3, 0.4) is 0 Å². The zero-order chi connectivity index (χ0) is 15.0. The molecule has 4 aliphatic rings. The molecule has 5 rings (SSSR count). The predicted octanol–water partition coefficient (Wildman–Crippen LogP) is 1.44. The van der Waals surface area contributed by atoms with Crippen molar-refractivity contribution in [1.82, 2.24) is 9.80 Å². The third-order valence-corrected chi connectivity index (χ3v) is 6.70. The summed E-state index contributed by atoms with van der Waals surface area (Å²) >= 11 is -1.14. The summed E-state index contributed by atoms with van der Waals surface area (Å²) in [5.41, 5.74) is 0.851. The smallest absolute Gasteiger partial charge is 0.328 e. The van der Waals surface area contributed by atoms with E-state index in [9.17, 15) is 14.1 Å². The van der Waals surface area contributed by atoms with E-state index in [1.807, 2.05) is 30.3 Å². The summed E-state index contributed by atoms with van der Waals surface area (Å²) in [6.45, 7) is 0. The summed E-state index contributed by atoms with van der Waals surface area (Å²) in [5.74, 6) is 0.342. The summed E-state index contributed by atoms with van der Waals surface area (Å²) < 4.78 is 12.3. The molecular formula is C16H14N2O3S. The molecule has 0 N–H and O–H groups in total. The van der Waals surface area contributed by atoms with E-state index in [0.29, 0.717) is 5.75 Å². The molecule has 5 nitrogen and oxygen atoms in total.